The third-order valence-electron chi connectivity index (χ3n) is 7.64. The largest absolute Gasteiger partial charge is 0.491 e. The minimum Gasteiger partial charge on any atom is -0.491 e. The topological polar surface area (TPSA) is 27.7 Å². The molecule has 2 saturated carbocycles. The lowest BCUT2D eigenvalue weighted by Crippen LogP contribution is -2.22. The zero-order chi connectivity index (χ0) is 24.8. The van der Waals surface area contributed by atoms with Crippen molar-refractivity contribution in [1.82, 2.24) is 0 Å². The Labute approximate surface area is 207 Å². The molecule has 0 heterocycles. The Hall–Kier alpha value is -2.21. The maximum atomic E-state index is 14.9. The van der Waals surface area contributed by atoms with Crippen LogP contribution in [0.1, 0.15) is 88.2 Å². The number of benzene rings is 2. The molecule has 2 aliphatic carbocycles. The van der Waals surface area contributed by atoms with E-state index in [0.29, 0.717) is 31.3 Å². The highest BCUT2D eigenvalue weighted by Crippen LogP contribution is 2.39. The summed E-state index contributed by atoms with van der Waals surface area (Å²) in [6.07, 6.45) is 7.26. The van der Waals surface area contributed by atoms with Crippen LogP contribution in [0.15, 0.2) is 30.3 Å². The first kappa shape index (κ1) is 25.9. The molecular formula is C29H37F3O3. The van der Waals surface area contributed by atoms with Gasteiger partial charge in [-0.15, -0.1) is 0 Å². The predicted octanol–water partition coefficient (Wildman–Crippen LogP) is 7.92. The zero-order valence-corrected chi connectivity index (χ0v) is 20.8. The van der Waals surface area contributed by atoms with Gasteiger partial charge in [0.05, 0.1) is 19.3 Å². The number of hydrogen-bond acceptors (Lipinski definition) is 3. The molecule has 0 atom stereocenters. The first-order valence-corrected chi connectivity index (χ1v) is 13.1. The lowest BCUT2D eigenvalue weighted by atomic mass is 9.79. The van der Waals surface area contributed by atoms with Crippen LogP contribution >= 0.6 is 0 Å². The van der Waals surface area contributed by atoms with E-state index in [1.165, 1.54) is 0 Å². The molecule has 0 bridgehead atoms. The standard InChI is InChI=1S/C29H37F3O3/c1-3-33-23-12-9-21(10-13-23)24-14-16-27(29(32)28(24)31)35-18-19-5-7-20(8-6-19)22-11-15-26(34-4-2)25(30)17-22/h11,14-17,19-21,23H,3-10,12-13,18H2,1-2H3. The number of rotatable bonds is 9. The Morgan fingerprint density at radius 2 is 1.40 bits per heavy atom. The lowest BCUT2D eigenvalue weighted by molar-refractivity contribution is 0.0325. The first-order valence-electron chi connectivity index (χ1n) is 13.1. The van der Waals surface area contributed by atoms with Crippen LogP contribution in [-0.4, -0.2) is 25.9 Å². The highest BCUT2D eigenvalue weighted by Gasteiger charge is 2.28. The molecular weight excluding hydrogens is 453 g/mol. The minimum atomic E-state index is -0.881. The third-order valence-corrected chi connectivity index (χ3v) is 7.64. The van der Waals surface area contributed by atoms with Crippen LogP contribution in [-0.2, 0) is 4.74 Å². The summed E-state index contributed by atoms with van der Waals surface area (Å²) in [7, 11) is 0. The number of ether oxygens (including phenoxy) is 3. The Bertz CT molecular complexity index is 964. The molecule has 0 unspecified atom stereocenters. The fourth-order valence-corrected chi connectivity index (χ4v) is 5.66. The summed E-state index contributed by atoms with van der Waals surface area (Å²) in [4.78, 5) is 0. The van der Waals surface area contributed by atoms with Crippen molar-refractivity contribution in [3.63, 3.8) is 0 Å². The van der Waals surface area contributed by atoms with Gasteiger partial charge in [-0.05, 0) is 112 Å². The van der Waals surface area contributed by atoms with Gasteiger partial charge in [0.25, 0.3) is 0 Å². The van der Waals surface area contributed by atoms with Gasteiger partial charge in [-0.25, -0.2) is 8.78 Å². The average Bonchev–Trinajstić information content (AvgIpc) is 2.87. The lowest BCUT2D eigenvalue weighted by Gasteiger charge is -2.29. The minimum absolute atomic E-state index is 0.00930. The molecule has 0 saturated heterocycles. The van der Waals surface area contributed by atoms with E-state index in [1.54, 1.807) is 24.3 Å². The quantitative estimate of drug-likeness (QED) is 0.357. The van der Waals surface area contributed by atoms with Gasteiger partial charge in [-0.2, -0.15) is 4.39 Å². The van der Waals surface area contributed by atoms with E-state index in [-0.39, 0.29) is 35.3 Å². The molecule has 2 fully saturated rings. The van der Waals surface area contributed by atoms with E-state index in [0.717, 1.165) is 56.9 Å². The van der Waals surface area contributed by atoms with Gasteiger partial charge in [0, 0.05) is 6.61 Å². The van der Waals surface area contributed by atoms with Gasteiger partial charge in [-0.1, -0.05) is 12.1 Å². The average molecular weight is 491 g/mol. The van der Waals surface area contributed by atoms with Crippen molar-refractivity contribution in [2.45, 2.75) is 83.2 Å². The second kappa shape index (κ2) is 12.2. The van der Waals surface area contributed by atoms with E-state index < -0.39 is 11.6 Å². The van der Waals surface area contributed by atoms with E-state index >= 15 is 0 Å². The van der Waals surface area contributed by atoms with E-state index in [1.807, 2.05) is 19.9 Å². The molecule has 192 valence electrons. The Balaban J connectivity index is 1.28. The molecule has 0 spiro atoms. The van der Waals surface area contributed by atoms with Gasteiger partial charge in [0.2, 0.25) is 5.82 Å². The summed E-state index contributed by atoms with van der Waals surface area (Å²) in [6.45, 7) is 5.30. The fourth-order valence-electron chi connectivity index (χ4n) is 5.66. The molecule has 2 aromatic carbocycles. The highest BCUT2D eigenvalue weighted by atomic mass is 19.2. The predicted molar refractivity (Wildman–Crippen MR) is 131 cm³/mol. The molecule has 0 N–H and O–H groups in total. The molecule has 2 aromatic rings. The molecule has 3 nitrogen and oxygen atoms in total. The van der Waals surface area contributed by atoms with Crippen LogP contribution in [0.2, 0.25) is 0 Å². The third kappa shape index (κ3) is 6.32. The Morgan fingerprint density at radius 1 is 0.714 bits per heavy atom. The van der Waals surface area contributed by atoms with Gasteiger partial charge in [0.15, 0.2) is 23.1 Å². The van der Waals surface area contributed by atoms with E-state index in [9.17, 15) is 13.2 Å². The van der Waals surface area contributed by atoms with Crippen LogP contribution in [0.5, 0.6) is 11.5 Å². The zero-order valence-electron chi connectivity index (χ0n) is 20.8. The summed E-state index contributed by atoms with van der Waals surface area (Å²) >= 11 is 0. The number of hydrogen-bond donors (Lipinski definition) is 0. The van der Waals surface area contributed by atoms with Crippen LogP contribution in [0.3, 0.4) is 0 Å². The van der Waals surface area contributed by atoms with Crippen molar-refractivity contribution < 1.29 is 27.4 Å². The van der Waals surface area contributed by atoms with E-state index in [4.69, 9.17) is 14.2 Å². The maximum absolute atomic E-state index is 14.9. The molecule has 0 amide bonds. The fraction of sp³-hybridized carbons (Fsp3) is 0.586. The van der Waals surface area contributed by atoms with Crippen molar-refractivity contribution in [2.24, 2.45) is 5.92 Å². The highest BCUT2D eigenvalue weighted by molar-refractivity contribution is 5.34. The number of halogens is 3. The van der Waals surface area contributed by atoms with Crippen molar-refractivity contribution >= 4 is 0 Å². The van der Waals surface area contributed by atoms with Gasteiger partial charge in [0.1, 0.15) is 0 Å². The molecule has 4 rings (SSSR count). The van der Waals surface area contributed by atoms with Gasteiger partial charge >= 0.3 is 0 Å². The second-order valence-corrected chi connectivity index (χ2v) is 9.86. The van der Waals surface area contributed by atoms with Crippen molar-refractivity contribution in [1.29, 1.82) is 0 Å². The summed E-state index contributed by atoms with van der Waals surface area (Å²) in [5.41, 5.74) is 1.44. The normalized spacial score (nSPS) is 24.8. The smallest absolute Gasteiger partial charge is 0.200 e. The molecule has 0 aliphatic heterocycles. The van der Waals surface area contributed by atoms with Gasteiger partial charge < -0.3 is 14.2 Å². The summed E-state index contributed by atoms with van der Waals surface area (Å²) in [5.74, 6) is -1.10. The van der Waals surface area contributed by atoms with Crippen LogP contribution in [0.4, 0.5) is 13.2 Å². The van der Waals surface area contributed by atoms with Gasteiger partial charge in [-0.3, -0.25) is 0 Å². The molecule has 35 heavy (non-hydrogen) atoms. The maximum Gasteiger partial charge on any atom is 0.200 e. The van der Waals surface area contributed by atoms with Crippen LogP contribution in [0, 0.1) is 23.4 Å². The molecule has 6 heteroatoms. The van der Waals surface area contributed by atoms with Crippen molar-refractivity contribution in [3.8, 4) is 11.5 Å². The Kier molecular flexibility index (Phi) is 8.99. The van der Waals surface area contributed by atoms with Crippen molar-refractivity contribution in [3.05, 3.63) is 58.9 Å². The summed E-state index contributed by atoms with van der Waals surface area (Å²) in [5, 5.41) is 0. The first-order chi connectivity index (χ1) is 17.0. The molecule has 0 radical (unpaired) electrons. The SMILES string of the molecule is CCOc1ccc(C2CCC(COc3ccc(C4CCC(OCC)CC4)c(F)c3F)CC2)cc1F. The summed E-state index contributed by atoms with van der Waals surface area (Å²) < 4.78 is 60.6. The Morgan fingerprint density at radius 3 is 2.06 bits per heavy atom. The van der Waals surface area contributed by atoms with E-state index in [2.05, 4.69) is 0 Å². The monoisotopic (exact) mass is 490 g/mol. The molecule has 0 aromatic heterocycles. The molecule has 2 aliphatic rings. The van der Waals surface area contributed by atoms with Crippen LogP contribution < -0.4 is 9.47 Å². The summed E-state index contributed by atoms with van der Waals surface area (Å²) in [6, 6.07) is 8.50. The van der Waals surface area contributed by atoms with Crippen molar-refractivity contribution in [2.75, 3.05) is 19.8 Å². The van der Waals surface area contributed by atoms with Crippen LogP contribution in [0.25, 0.3) is 0 Å². The second-order valence-electron chi connectivity index (χ2n) is 9.86.